The Morgan fingerprint density at radius 3 is 2.06 bits per heavy atom. The van der Waals surface area contributed by atoms with Gasteiger partial charge in [-0.2, -0.15) is 0 Å². The van der Waals surface area contributed by atoms with Crippen molar-refractivity contribution in [3.8, 4) is 0 Å². The van der Waals surface area contributed by atoms with Crippen molar-refractivity contribution in [2.45, 2.75) is 46.0 Å². The van der Waals surface area contributed by atoms with Crippen LogP contribution in [0.2, 0.25) is 0 Å². The minimum Gasteiger partial charge on any atom is -0.464 e. The van der Waals surface area contributed by atoms with E-state index in [1.54, 1.807) is 6.92 Å². The van der Waals surface area contributed by atoms with Crippen LogP contribution in [0.15, 0.2) is 0 Å². The van der Waals surface area contributed by atoms with E-state index >= 15 is 0 Å². The molecule has 0 aromatic heterocycles. The van der Waals surface area contributed by atoms with Crippen LogP contribution in [-0.4, -0.2) is 39.0 Å². The molecule has 0 amide bonds. The molecule has 0 radical (unpaired) electrons. The third kappa shape index (κ3) is 13.3. The Bertz CT molecular complexity index is 171. The third-order valence-corrected chi connectivity index (χ3v) is 2.24. The number of hydrogen-bond acceptors (Lipinski definition) is 4. The van der Waals surface area contributed by atoms with Gasteiger partial charge in [-0.1, -0.05) is 19.8 Å². The molecule has 4 nitrogen and oxygen atoms in total. The van der Waals surface area contributed by atoms with Gasteiger partial charge in [-0.15, -0.1) is 0 Å². The number of hydrogen-bond donors (Lipinski definition) is 0. The van der Waals surface area contributed by atoms with Gasteiger partial charge in [0.1, 0.15) is 6.61 Å². The Morgan fingerprint density at radius 2 is 1.47 bits per heavy atom. The van der Waals surface area contributed by atoms with Crippen LogP contribution in [0.3, 0.4) is 0 Å². The summed E-state index contributed by atoms with van der Waals surface area (Å²) >= 11 is 0. The topological polar surface area (TPSA) is 44.8 Å². The van der Waals surface area contributed by atoms with E-state index in [0.717, 1.165) is 32.5 Å². The van der Waals surface area contributed by atoms with E-state index in [0.29, 0.717) is 13.2 Å². The molecule has 102 valence electrons. The lowest BCUT2D eigenvalue weighted by Crippen LogP contribution is -2.13. The molecule has 17 heavy (non-hydrogen) atoms. The van der Waals surface area contributed by atoms with E-state index in [4.69, 9.17) is 14.2 Å². The van der Waals surface area contributed by atoms with Gasteiger partial charge in [0.25, 0.3) is 0 Å². The monoisotopic (exact) mass is 246 g/mol. The molecule has 0 saturated heterocycles. The van der Waals surface area contributed by atoms with E-state index in [9.17, 15) is 4.79 Å². The van der Waals surface area contributed by atoms with Crippen molar-refractivity contribution in [3.05, 3.63) is 0 Å². The van der Waals surface area contributed by atoms with Gasteiger partial charge in [0.05, 0.1) is 6.61 Å². The summed E-state index contributed by atoms with van der Waals surface area (Å²) in [4.78, 5) is 10.9. The maximum absolute atomic E-state index is 10.9. The predicted octanol–water partition coefficient (Wildman–Crippen LogP) is 2.55. The molecular formula is C13H26O4. The molecule has 0 bridgehead atoms. The van der Waals surface area contributed by atoms with Crippen molar-refractivity contribution in [2.75, 3.05) is 33.0 Å². The zero-order valence-corrected chi connectivity index (χ0v) is 11.2. The molecule has 0 atom stereocenters. The number of ether oxygens (including phenoxy) is 3. The predicted molar refractivity (Wildman–Crippen MR) is 67.0 cm³/mol. The molecule has 4 heteroatoms. The van der Waals surface area contributed by atoms with Gasteiger partial charge in [-0.05, 0) is 26.2 Å². The Balaban J connectivity index is 3.01. The molecular weight excluding hydrogens is 220 g/mol. The second kappa shape index (κ2) is 13.5. The molecule has 0 aliphatic rings. The fourth-order valence-electron chi connectivity index (χ4n) is 1.32. The van der Waals surface area contributed by atoms with Crippen molar-refractivity contribution in [1.29, 1.82) is 0 Å². The first-order valence-corrected chi connectivity index (χ1v) is 6.62. The lowest BCUT2D eigenvalue weighted by molar-refractivity contribution is -0.148. The SMILES string of the molecule is CCCCCOCCCCOCC(=O)OCC. The van der Waals surface area contributed by atoms with E-state index in [1.807, 2.05) is 0 Å². The maximum Gasteiger partial charge on any atom is 0.332 e. The van der Waals surface area contributed by atoms with Gasteiger partial charge in [0.2, 0.25) is 0 Å². The number of rotatable bonds is 12. The average molecular weight is 246 g/mol. The highest BCUT2D eigenvalue weighted by atomic mass is 16.6. The smallest absolute Gasteiger partial charge is 0.332 e. The molecule has 0 aliphatic carbocycles. The Kier molecular flexibility index (Phi) is 13.0. The van der Waals surface area contributed by atoms with Crippen LogP contribution >= 0.6 is 0 Å². The summed E-state index contributed by atoms with van der Waals surface area (Å²) in [5.74, 6) is -0.289. The minimum absolute atomic E-state index is 0.0607. The fourth-order valence-corrected chi connectivity index (χ4v) is 1.32. The average Bonchev–Trinajstić information content (AvgIpc) is 2.32. The molecule has 0 aromatic carbocycles. The van der Waals surface area contributed by atoms with Crippen LogP contribution in [0.4, 0.5) is 0 Å². The fraction of sp³-hybridized carbons (Fsp3) is 0.923. The van der Waals surface area contributed by atoms with Crippen molar-refractivity contribution in [2.24, 2.45) is 0 Å². The quantitative estimate of drug-likeness (QED) is 0.392. The number of carbonyl (C=O) groups excluding carboxylic acids is 1. The highest BCUT2D eigenvalue weighted by Gasteiger charge is 2.00. The van der Waals surface area contributed by atoms with Gasteiger partial charge >= 0.3 is 5.97 Å². The van der Waals surface area contributed by atoms with E-state index in [1.165, 1.54) is 12.8 Å². The van der Waals surface area contributed by atoms with Crippen LogP contribution in [0.25, 0.3) is 0 Å². The highest BCUT2D eigenvalue weighted by Crippen LogP contribution is 1.96. The lowest BCUT2D eigenvalue weighted by atomic mass is 10.3. The van der Waals surface area contributed by atoms with Crippen LogP contribution < -0.4 is 0 Å². The molecule has 0 spiro atoms. The number of carbonyl (C=O) groups is 1. The van der Waals surface area contributed by atoms with Gasteiger partial charge in [0, 0.05) is 19.8 Å². The van der Waals surface area contributed by atoms with Gasteiger partial charge < -0.3 is 14.2 Å². The van der Waals surface area contributed by atoms with Crippen molar-refractivity contribution >= 4 is 5.97 Å². The summed E-state index contributed by atoms with van der Waals surface area (Å²) in [5.41, 5.74) is 0. The normalized spacial score (nSPS) is 10.5. The number of unbranched alkanes of at least 4 members (excludes halogenated alkanes) is 3. The van der Waals surface area contributed by atoms with E-state index in [-0.39, 0.29) is 12.6 Å². The van der Waals surface area contributed by atoms with E-state index in [2.05, 4.69) is 6.92 Å². The van der Waals surface area contributed by atoms with Gasteiger partial charge in [-0.25, -0.2) is 4.79 Å². The molecule has 0 aromatic rings. The second-order valence-corrected chi connectivity index (χ2v) is 3.88. The maximum atomic E-state index is 10.9. The Hall–Kier alpha value is -0.610. The standard InChI is InChI=1S/C13H26O4/c1-3-5-6-9-15-10-7-8-11-16-12-13(14)17-4-2/h3-12H2,1-2H3. The Morgan fingerprint density at radius 1 is 0.882 bits per heavy atom. The summed E-state index contributed by atoms with van der Waals surface area (Å²) in [5, 5.41) is 0. The van der Waals surface area contributed by atoms with Crippen LogP contribution in [-0.2, 0) is 19.0 Å². The summed E-state index contributed by atoms with van der Waals surface area (Å²) in [6, 6.07) is 0. The molecule has 0 saturated carbocycles. The highest BCUT2D eigenvalue weighted by molar-refractivity contribution is 5.70. The molecule has 0 rings (SSSR count). The first-order valence-electron chi connectivity index (χ1n) is 6.62. The van der Waals surface area contributed by atoms with Crippen molar-refractivity contribution < 1.29 is 19.0 Å². The minimum atomic E-state index is -0.289. The van der Waals surface area contributed by atoms with Crippen LogP contribution in [0.5, 0.6) is 0 Å². The summed E-state index contributed by atoms with van der Waals surface area (Å²) in [7, 11) is 0. The molecule has 0 unspecified atom stereocenters. The molecule has 0 N–H and O–H groups in total. The third-order valence-electron chi connectivity index (χ3n) is 2.24. The van der Waals surface area contributed by atoms with Crippen LogP contribution in [0, 0.1) is 0 Å². The van der Waals surface area contributed by atoms with Crippen molar-refractivity contribution in [3.63, 3.8) is 0 Å². The van der Waals surface area contributed by atoms with Gasteiger partial charge in [-0.3, -0.25) is 0 Å². The van der Waals surface area contributed by atoms with E-state index < -0.39 is 0 Å². The largest absolute Gasteiger partial charge is 0.464 e. The van der Waals surface area contributed by atoms with Crippen molar-refractivity contribution in [1.82, 2.24) is 0 Å². The first kappa shape index (κ1) is 16.4. The summed E-state index contributed by atoms with van der Waals surface area (Å²) < 4.78 is 15.4. The number of esters is 1. The molecule has 0 aliphatic heterocycles. The van der Waals surface area contributed by atoms with Gasteiger partial charge in [0.15, 0.2) is 0 Å². The zero-order valence-electron chi connectivity index (χ0n) is 11.2. The second-order valence-electron chi connectivity index (χ2n) is 3.88. The first-order chi connectivity index (χ1) is 8.31. The summed E-state index contributed by atoms with van der Waals surface area (Å²) in [6.07, 6.45) is 5.52. The van der Waals surface area contributed by atoms with Crippen LogP contribution in [0.1, 0.15) is 46.0 Å². The lowest BCUT2D eigenvalue weighted by Gasteiger charge is -2.05. The molecule has 0 heterocycles. The Labute approximate surface area is 105 Å². The molecule has 0 fully saturated rings. The summed E-state index contributed by atoms with van der Waals surface area (Å²) in [6.45, 7) is 6.68. The zero-order chi connectivity index (χ0) is 12.8.